The van der Waals surface area contributed by atoms with E-state index in [4.69, 9.17) is 27.9 Å². The summed E-state index contributed by atoms with van der Waals surface area (Å²) in [5.74, 6) is 0.224. The number of benzene rings is 2. The lowest BCUT2D eigenvalue weighted by Crippen LogP contribution is -2.47. The van der Waals surface area contributed by atoms with Crippen LogP contribution in [-0.2, 0) is 11.2 Å². The maximum absolute atomic E-state index is 12.3. The molecule has 0 radical (unpaired) electrons. The standard InChI is InChI=1S/C20H20Cl2N2O2/c1-20(2,10-13-11-23-17-6-4-3-5-15(13)17)24-19(25)12-26-18-8-7-14(21)9-16(18)22/h3-9,11,23H,10,12H2,1-2H3,(H,24,25). The van der Waals surface area contributed by atoms with Crippen LogP contribution in [0.3, 0.4) is 0 Å². The second-order valence-corrected chi connectivity index (χ2v) is 7.68. The van der Waals surface area contributed by atoms with Crippen molar-refractivity contribution >= 4 is 40.0 Å². The number of carbonyl (C=O) groups excluding carboxylic acids is 1. The van der Waals surface area contributed by atoms with E-state index in [0.29, 0.717) is 22.2 Å². The number of halogens is 2. The summed E-state index contributed by atoms with van der Waals surface area (Å²) in [5, 5.41) is 5.08. The Morgan fingerprint density at radius 3 is 2.73 bits per heavy atom. The van der Waals surface area contributed by atoms with E-state index in [-0.39, 0.29) is 12.5 Å². The van der Waals surface area contributed by atoms with Gasteiger partial charge in [0, 0.05) is 27.7 Å². The van der Waals surface area contributed by atoms with Crippen molar-refractivity contribution in [2.75, 3.05) is 6.61 Å². The number of H-pyrrole nitrogens is 1. The molecule has 0 aliphatic carbocycles. The van der Waals surface area contributed by atoms with Crippen LogP contribution < -0.4 is 10.1 Å². The van der Waals surface area contributed by atoms with E-state index in [1.54, 1.807) is 18.2 Å². The molecule has 1 amide bonds. The monoisotopic (exact) mass is 390 g/mol. The molecule has 0 saturated heterocycles. The van der Waals surface area contributed by atoms with Crippen LogP contribution in [0.25, 0.3) is 10.9 Å². The van der Waals surface area contributed by atoms with Crippen molar-refractivity contribution in [2.24, 2.45) is 0 Å². The number of hydrogen-bond acceptors (Lipinski definition) is 2. The molecule has 1 aromatic heterocycles. The van der Waals surface area contributed by atoms with Gasteiger partial charge in [-0.1, -0.05) is 41.4 Å². The van der Waals surface area contributed by atoms with E-state index >= 15 is 0 Å². The Kier molecular flexibility index (Phi) is 5.44. The van der Waals surface area contributed by atoms with Gasteiger partial charge < -0.3 is 15.0 Å². The van der Waals surface area contributed by atoms with E-state index in [1.165, 1.54) is 5.39 Å². The van der Waals surface area contributed by atoms with E-state index < -0.39 is 5.54 Å². The van der Waals surface area contributed by atoms with Crippen LogP contribution in [0.1, 0.15) is 19.4 Å². The highest BCUT2D eigenvalue weighted by Gasteiger charge is 2.23. The van der Waals surface area contributed by atoms with Crippen LogP contribution in [0.5, 0.6) is 5.75 Å². The van der Waals surface area contributed by atoms with Crippen molar-refractivity contribution in [2.45, 2.75) is 25.8 Å². The Morgan fingerprint density at radius 1 is 1.19 bits per heavy atom. The van der Waals surface area contributed by atoms with Crippen molar-refractivity contribution in [3.63, 3.8) is 0 Å². The molecule has 2 aromatic carbocycles. The minimum atomic E-state index is -0.421. The number of aromatic amines is 1. The molecule has 2 N–H and O–H groups in total. The van der Waals surface area contributed by atoms with Crippen molar-refractivity contribution in [3.8, 4) is 5.75 Å². The van der Waals surface area contributed by atoms with E-state index in [9.17, 15) is 4.79 Å². The molecule has 4 nitrogen and oxygen atoms in total. The fourth-order valence-electron chi connectivity index (χ4n) is 2.95. The Labute approximate surface area is 162 Å². The van der Waals surface area contributed by atoms with Gasteiger partial charge in [0.05, 0.1) is 5.02 Å². The molecule has 0 bridgehead atoms. The number of amides is 1. The Bertz CT molecular complexity index is 934. The van der Waals surface area contributed by atoms with Crippen LogP contribution in [0.2, 0.25) is 10.0 Å². The van der Waals surface area contributed by atoms with Crippen molar-refractivity contribution in [1.29, 1.82) is 0 Å². The summed E-state index contributed by atoms with van der Waals surface area (Å²) in [6.45, 7) is 3.86. The van der Waals surface area contributed by atoms with Crippen molar-refractivity contribution < 1.29 is 9.53 Å². The van der Waals surface area contributed by atoms with Gasteiger partial charge in [0.1, 0.15) is 5.75 Å². The first-order chi connectivity index (χ1) is 12.3. The highest BCUT2D eigenvalue weighted by Crippen LogP contribution is 2.27. The second kappa shape index (κ2) is 7.60. The largest absolute Gasteiger partial charge is 0.482 e. The van der Waals surface area contributed by atoms with E-state index in [0.717, 1.165) is 11.1 Å². The Balaban J connectivity index is 1.60. The fraction of sp³-hybridized carbons (Fsp3) is 0.250. The van der Waals surface area contributed by atoms with Gasteiger partial charge in [-0.3, -0.25) is 4.79 Å². The van der Waals surface area contributed by atoms with Crippen molar-refractivity contribution in [1.82, 2.24) is 10.3 Å². The van der Waals surface area contributed by atoms with E-state index in [2.05, 4.69) is 16.4 Å². The van der Waals surface area contributed by atoms with Gasteiger partial charge >= 0.3 is 0 Å². The lowest BCUT2D eigenvalue weighted by Gasteiger charge is -2.26. The first kappa shape index (κ1) is 18.6. The summed E-state index contributed by atoms with van der Waals surface area (Å²) in [6, 6.07) is 13.0. The number of aromatic nitrogens is 1. The molecule has 136 valence electrons. The number of para-hydroxylation sites is 1. The first-order valence-corrected chi connectivity index (χ1v) is 9.03. The number of nitrogens with one attached hydrogen (secondary N) is 2. The highest BCUT2D eigenvalue weighted by molar-refractivity contribution is 6.35. The lowest BCUT2D eigenvalue weighted by atomic mass is 9.94. The lowest BCUT2D eigenvalue weighted by molar-refractivity contribution is -0.124. The predicted octanol–water partition coefficient (Wildman–Crippen LogP) is 4.99. The molecule has 3 aromatic rings. The van der Waals surface area contributed by atoms with Crippen LogP contribution in [-0.4, -0.2) is 23.0 Å². The van der Waals surface area contributed by atoms with Gasteiger partial charge in [-0.25, -0.2) is 0 Å². The average Bonchev–Trinajstić information content (AvgIpc) is 2.96. The Morgan fingerprint density at radius 2 is 1.96 bits per heavy atom. The molecule has 0 spiro atoms. The predicted molar refractivity (Wildman–Crippen MR) is 106 cm³/mol. The third-order valence-electron chi connectivity index (χ3n) is 4.04. The molecular weight excluding hydrogens is 371 g/mol. The SMILES string of the molecule is CC(C)(Cc1c[nH]c2ccccc12)NC(=O)COc1ccc(Cl)cc1Cl. The number of carbonyl (C=O) groups is 1. The summed E-state index contributed by atoms with van der Waals surface area (Å²) in [7, 11) is 0. The summed E-state index contributed by atoms with van der Waals surface area (Å²) in [5.41, 5.74) is 1.83. The number of rotatable bonds is 6. The minimum Gasteiger partial charge on any atom is -0.482 e. The molecule has 0 aliphatic rings. The van der Waals surface area contributed by atoms with E-state index in [1.807, 2.05) is 38.2 Å². The third kappa shape index (κ3) is 4.51. The number of hydrogen-bond donors (Lipinski definition) is 2. The molecule has 1 heterocycles. The zero-order valence-electron chi connectivity index (χ0n) is 14.6. The smallest absolute Gasteiger partial charge is 0.258 e. The first-order valence-electron chi connectivity index (χ1n) is 8.28. The zero-order valence-corrected chi connectivity index (χ0v) is 16.1. The van der Waals surface area contributed by atoms with Gasteiger partial charge in [-0.15, -0.1) is 0 Å². The number of fused-ring (bicyclic) bond motifs is 1. The number of ether oxygens (including phenoxy) is 1. The zero-order chi connectivity index (χ0) is 18.7. The Hall–Kier alpha value is -2.17. The third-order valence-corrected chi connectivity index (χ3v) is 4.57. The van der Waals surface area contributed by atoms with Gasteiger partial charge in [0.15, 0.2) is 6.61 Å². The molecule has 0 unspecified atom stereocenters. The molecule has 6 heteroatoms. The molecule has 26 heavy (non-hydrogen) atoms. The quantitative estimate of drug-likeness (QED) is 0.622. The molecular formula is C20H20Cl2N2O2. The molecule has 0 aliphatic heterocycles. The van der Waals surface area contributed by atoms with Crippen molar-refractivity contribution in [3.05, 3.63) is 64.3 Å². The minimum absolute atomic E-state index is 0.112. The summed E-state index contributed by atoms with van der Waals surface area (Å²) >= 11 is 11.9. The molecule has 0 saturated carbocycles. The topological polar surface area (TPSA) is 54.1 Å². The molecule has 0 fully saturated rings. The average molecular weight is 391 g/mol. The second-order valence-electron chi connectivity index (χ2n) is 6.83. The van der Waals surface area contributed by atoms with Gasteiger partial charge in [-0.2, -0.15) is 0 Å². The fourth-order valence-corrected chi connectivity index (χ4v) is 3.41. The summed E-state index contributed by atoms with van der Waals surface area (Å²) in [6.07, 6.45) is 2.69. The normalized spacial score (nSPS) is 11.5. The van der Waals surface area contributed by atoms with Crippen LogP contribution in [0, 0.1) is 0 Å². The highest BCUT2D eigenvalue weighted by atomic mass is 35.5. The summed E-state index contributed by atoms with van der Waals surface area (Å²) in [4.78, 5) is 15.5. The molecule has 3 rings (SSSR count). The molecule has 0 atom stereocenters. The van der Waals surface area contributed by atoms with Crippen LogP contribution in [0.4, 0.5) is 0 Å². The van der Waals surface area contributed by atoms with Crippen LogP contribution >= 0.6 is 23.2 Å². The maximum atomic E-state index is 12.3. The van der Waals surface area contributed by atoms with Crippen LogP contribution in [0.15, 0.2) is 48.7 Å². The van der Waals surface area contributed by atoms with Gasteiger partial charge in [0.25, 0.3) is 5.91 Å². The maximum Gasteiger partial charge on any atom is 0.258 e. The van der Waals surface area contributed by atoms with Gasteiger partial charge in [-0.05, 0) is 50.1 Å². The van der Waals surface area contributed by atoms with Gasteiger partial charge in [0.2, 0.25) is 0 Å². The summed E-state index contributed by atoms with van der Waals surface area (Å²) < 4.78 is 5.50.